The van der Waals surface area contributed by atoms with E-state index in [0.29, 0.717) is 0 Å². The molecule has 0 radical (unpaired) electrons. The Morgan fingerprint density at radius 2 is 1.53 bits per heavy atom. The van der Waals surface area contributed by atoms with Crippen molar-refractivity contribution in [2.75, 3.05) is 0 Å². The molecule has 84 valence electrons. The van der Waals surface area contributed by atoms with Crippen LogP contribution in [0.1, 0.15) is 46.0 Å². The Bertz CT molecular complexity index is 189. The maximum absolute atomic E-state index is 3.78. The lowest BCUT2D eigenvalue weighted by atomic mass is 10.2. The summed E-state index contributed by atoms with van der Waals surface area (Å²) in [6, 6.07) is 5.72. The van der Waals surface area contributed by atoms with Gasteiger partial charge in [0.05, 0.1) is 0 Å². The Kier molecular flexibility index (Phi) is 11.9. The highest BCUT2D eigenvalue weighted by Gasteiger charge is 1.76. The monoisotopic (exact) mass is 205 g/mol. The molecule has 0 aromatic carbocycles. The lowest BCUT2D eigenvalue weighted by Gasteiger charge is -1.87. The second kappa shape index (κ2) is 12.9. The fourth-order valence-electron chi connectivity index (χ4n) is 1.04. The zero-order valence-corrected chi connectivity index (χ0v) is 10.0. The van der Waals surface area contributed by atoms with Crippen LogP contribution in [0.15, 0.2) is 42.7 Å². The van der Waals surface area contributed by atoms with Crippen LogP contribution < -0.4 is 0 Å². The zero-order chi connectivity index (χ0) is 11.2. The lowest BCUT2D eigenvalue weighted by Crippen LogP contribution is -1.66. The molecule has 0 bridgehead atoms. The smallest absolute Gasteiger partial charge is 0.0267 e. The van der Waals surface area contributed by atoms with Gasteiger partial charge in [0.2, 0.25) is 0 Å². The molecule has 0 saturated carbocycles. The second-order valence-corrected chi connectivity index (χ2v) is 3.43. The van der Waals surface area contributed by atoms with E-state index in [2.05, 4.69) is 31.0 Å². The predicted octanol–water partition coefficient (Wildman–Crippen LogP) is 4.61. The average Bonchev–Trinajstić information content (AvgIpc) is 2.32. The van der Waals surface area contributed by atoms with Gasteiger partial charge in [0.25, 0.3) is 0 Å². The average molecular weight is 205 g/mol. The van der Waals surface area contributed by atoms with E-state index in [1.165, 1.54) is 32.1 Å². The number of hydrogen-bond donors (Lipinski definition) is 0. The van der Waals surface area contributed by atoms with E-state index in [1.54, 1.807) is 12.4 Å². The Balaban J connectivity index is 0.000000280. The first-order valence-electron chi connectivity index (χ1n) is 5.91. The third-order valence-corrected chi connectivity index (χ3v) is 1.91. The van der Waals surface area contributed by atoms with Crippen LogP contribution in [0.4, 0.5) is 0 Å². The van der Waals surface area contributed by atoms with Gasteiger partial charge in [0.15, 0.2) is 0 Å². The minimum atomic E-state index is 1.25. The van der Waals surface area contributed by atoms with Crippen molar-refractivity contribution in [1.29, 1.82) is 0 Å². The molecule has 0 aliphatic heterocycles. The molecule has 1 heteroatoms. The van der Waals surface area contributed by atoms with Crippen molar-refractivity contribution in [1.82, 2.24) is 4.98 Å². The molecule has 1 aromatic heterocycles. The van der Waals surface area contributed by atoms with Gasteiger partial charge in [-0.1, -0.05) is 51.3 Å². The van der Waals surface area contributed by atoms with Crippen molar-refractivity contribution in [2.45, 2.75) is 46.0 Å². The second-order valence-electron chi connectivity index (χ2n) is 3.43. The highest BCUT2D eigenvalue weighted by Crippen LogP contribution is 1.96. The summed E-state index contributed by atoms with van der Waals surface area (Å²) in [5.74, 6) is 0. The van der Waals surface area contributed by atoms with Crippen LogP contribution in [-0.2, 0) is 0 Å². The first-order valence-corrected chi connectivity index (χ1v) is 5.91. The van der Waals surface area contributed by atoms with E-state index in [9.17, 15) is 0 Å². The maximum Gasteiger partial charge on any atom is 0.0267 e. The molecule has 0 unspecified atom stereocenters. The highest BCUT2D eigenvalue weighted by molar-refractivity contribution is 4.88. The quantitative estimate of drug-likeness (QED) is 0.505. The van der Waals surface area contributed by atoms with Crippen LogP contribution in [0.5, 0.6) is 0 Å². The van der Waals surface area contributed by atoms with Gasteiger partial charge in [-0.05, 0) is 25.0 Å². The molecule has 1 rings (SSSR count). The summed E-state index contributed by atoms with van der Waals surface area (Å²) in [4.78, 5) is 3.78. The zero-order valence-electron chi connectivity index (χ0n) is 10.0. The number of aromatic nitrogens is 1. The Morgan fingerprint density at radius 1 is 0.867 bits per heavy atom. The van der Waals surface area contributed by atoms with Gasteiger partial charge < -0.3 is 0 Å². The van der Waals surface area contributed by atoms with E-state index in [-0.39, 0.29) is 0 Å². The van der Waals surface area contributed by atoms with Crippen LogP contribution in [0.25, 0.3) is 0 Å². The summed E-state index contributed by atoms with van der Waals surface area (Å²) >= 11 is 0. The summed E-state index contributed by atoms with van der Waals surface area (Å²) in [6.07, 6.45) is 14.6. The summed E-state index contributed by atoms with van der Waals surface area (Å²) in [5.41, 5.74) is 0. The molecule has 0 N–H and O–H groups in total. The van der Waals surface area contributed by atoms with Crippen LogP contribution in [0.3, 0.4) is 0 Å². The fourth-order valence-corrected chi connectivity index (χ4v) is 1.04. The molecular formula is C14H23N. The molecular weight excluding hydrogens is 182 g/mol. The summed E-state index contributed by atoms with van der Waals surface area (Å²) in [6.45, 7) is 4.44. The molecule has 15 heavy (non-hydrogen) atoms. The number of unbranched alkanes of at least 4 members (excludes halogenated alkanes) is 3. The normalized spacial score (nSPS) is 9.73. The topological polar surface area (TPSA) is 12.9 Å². The van der Waals surface area contributed by atoms with Crippen molar-refractivity contribution in [2.24, 2.45) is 0 Å². The minimum absolute atomic E-state index is 1.25. The third kappa shape index (κ3) is 12.9. The molecule has 1 heterocycles. The first-order chi connectivity index (χ1) is 7.41. The van der Waals surface area contributed by atoms with Gasteiger partial charge in [-0.25, -0.2) is 0 Å². The number of hydrogen-bond acceptors (Lipinski definition) is 1. The lowest BCUT2D eigenvalue weighted by molar-refractivity contribution is 0.810. The van der Waals surface area contributed by atoms with E-state index >= 15 is 0 Å². The number of allylic oxidation sites excluding steroid dienone is 2. The molecule has 0 atom stereocenters. The predicted molar refractivity (Wildman–Crippen MR) is 67.8 cm³/mol. The molecule has 1 aromatic rings. The molecule has 0 fully saturated rings. The van der Waals surface area contributed by atoms with E-state index < -0.39 is 0 Å². The van der Waals surface area contributed by atoms with Crippen molar-refractivity contribution in [3.63, 3.8) is 0 Å². The van der Waals surface area contributed by atoms with Gasteiger partial charge in [-0.2, -0.15) is 0 Å². The Morgan fingerprint density at radius 3 is 1.93 bits per heavy atom. The molecule has 0 aliphatic carbocycles. The van der Waals surface area contributed by atoms with Crippen molar-refractivity contribution in [3.8, 4) is 0 Å². The fraction of sp³-hybridized carbons (Fsp3) is 0.500. The van der Waals surface area contributed by atoms with Gasteiger partial charge in [0, 0.05) is 12.4 Å². The molecule has 0 saturated heterocycles. The SMILES string of the molecule is CCCC=CCCCC.c1ccncc1. The van der Waals surface area contributed by atoms with E-state index in [1.807, 2.05) is 18.2 Å². The number of rotatable bonds is 5. The number of pyridine rings is 1. The van der Waals surface area contributed by atoms with Gasteiger partial charge in [-0.15, -0.1) is 0 Å². The van der Waals surface area contributed by atoms with Crippen LogP contribution in [0, 0.1) is 0 Å². The maximum atomic E-state index is 3.78. The number of nitrogens with zero attached hydrogens (tertiary/aromatic N) is 1. The van der Waals surface area contributed by atoms with Crippen molar-refractivity contribution < 1.29 is 0 Å². The van der Waals surface area contributed by atoms with E-state index in [4.69, 9.17) is 0 Å². The molecule has 0 aliphatic rings. The molecule has 0 spiro atoms. The first kappa shape index (κ1) is 13.9. The van der Waals surface area contributed by atoms with Crippen molar-refractivity contribution >= 4 is 0 Å². The Hall–Kier alpha value is -1.11. The van der Waals surface area contributed by atoms with Crippen LogP contribution in [-0.4, -0.2) is 4.98 Å². The third-order valence-electron chi connectivity index (χ3n) is 1.91. The summed E-state index contributed by atoms with van der Waals surface area (Å²) in [5, 5.41) is 0. The van der Waals surface area contributed by atoms with Crippen molar-refractivity contribution in [3.05, 3.63) is 42.7 Å². The molecule has 1 nitrogen and oxygen atoms in total. The van der Waals surface area contributed by atoms with Gasteiger partial charge >= 0.3 is 0 Å². The van der Waals surface area contributed by atoms with E-state index in [0.717, 1.165) is 0 Å². The summed E-state index contributed by atoms with van der Waals surface area (Å²) < 4.78 is 0. The highest BCUT2D eigenvalue weighted by atomic mass is 14.6. The standard InChI is InChI=1S/C9H18.C5H5N/c1-3-5-7-9-8-6-4-2;1-2-4-6-5-3-1/h7,9H,3-6,8H2,1-2H3;1-5H. The largest absolute Gasteiger partial charge is 0.265 e. The van der Waals surface area contributed by atoms with Gasteiger partial charge in [-0.3, -0.25) is 4.98 Å². The van der Waals surface area contributed by atoms with Crippen LogP contribution >= 0.6 is 0 Å². The minimum Gasteiger partial charge on any atom is -0.265 e. The van der Waals surface area contributed by atoms with Gasteiger partial charge in [0.1, 0.15) is 0 Å². The Labute approximate surface area is 94.3 Å². The molecule has 0 amide bonds. The van der Waals surface area contributed by atoms with Crippen LogP contribution in [0.2, 0.25) is 0 Å². The summed E-state index contributed by atoms with van der Waals surface area (Å²) in [7, 11) is 0.